The lowest BCUT2D eigenvalue weighted by Gasteiger charge is -2.45. The van der Waals surface area contributed by atoms with Crippen molar-refractivity contribution in [1.29, 1.82) is 0 Å². The van der Waals surface area contributed by atoms with Crippen LogP contribution < -0.4 is 0 Å². The molecule has 3 rings (SSSR count). The molecule has 0 spiro atoms. The van der Waals surface area contributed by atoms with Gasteiger partial charge in [-0.1, -0.05) is 0 Å². The van der Waals surface area contributed by atoms with Gasteiger partial charge in [0.25, 0.3) is 0 Å². The highest BCUT2D eigenvalue weighted by Crippen LogP contribution is 2.65. The lowest BCUT2D eigenvalue weighted by molar-refractivity contribution is -0.0767. The van der Waals surface area contributed by atoms with Gasteiger partial charge in [0.15, 0.2) is 0 Å². The zero-order valence-corrected chi connectivity index (χ0v) is 16.7. The lowest BCUT2D eigenvalue weighted by atomic mass is 9.75. The van der Waals surface area contributed by atoms with E-state index in [4.69, 9.17) is 9.47 Å². The number of rotatable bonds is 3. The normalized spacial score (nSPS) is 47.1. The van der Waals surface area contributed by atoms with Crippen LogP contribution in [0, 0.1) is 17.8 Å². The summed E-state index contributed by atoms with van der Waals surface area (Å²) in [4.78, 5) is 0.736. The van der Waals surface area contributed by atoms with Crippen molar-refractivity contribution in [2.75, 3.05) is 18.6 Å². The van der Waals surface area contributed by atoms with Gasteiger partial charge in [-0.15, -0.1) is 4.83 Å². The van der Waals surface area contributed by atoms with E-state index in [0.29, 0.717) is 6.61 Å². The van der Waals surface area contributed by atoms with Crippen LogP contribution in [0.15, 0.2) is 0 Å². The van der Waals surface area contributed by atoms with Gasteiger partial charge in [-0.2, -0.15) is 12.6 Å². The number of fused-ring (bicyclic) bond motifs is 1. The van der Waals surface area contributed by atoms with Crippen molar-refractivity contribution in [2.24, 2.45) is 17.8 Å². The van der Waals surface area contributed by atoms with Crippen molar-refractivity contribution < 1.29 is 24.4 Å². The SMILES string of the molecule is CC1(C)CC(C2CP(=O)(N(O)CS)C(O)C3OC(C)(C)CC23)CO1. The van der Waals surface area contributed by atoms with Crippen molar-refractivity contribution in [3.63, 3.8) is 0 Å². The molecule has 24 heavy (non-hydrogen) atoms. The highest BCUT2D eigenvalue weighted by Gasteiger charge is 2.60. The summed E-state index contributed by atoms with van der Waals surface area (Å²) in [7, 11) is -3.38. The molecule has 140 valence electrons. The maximum atomic E-state index is 13.4. The maximum absolute atomic E-state index is 13.4. The summed E-state index contributed by atoms with van der Waals surface area (Å²) in [6, 6.07) is 0. The predicted molar refractivity (Wildman–Crippen MR) is 94.6 cm³/mol. The van der Waals surface area contributed by atoms with Crippen molar-refractivity contribution in [1.82, 2.24) is 4.83 Å². The zero-order chi connectivity index (χ0) is 17.9. The minimum Gasteiger partial charge on any atom is -0.381 e. The molecule has 8 heteroatoms. The first kappa shape index (κ1) is 19.2. The van der Waals surface area contributed by atoms with Gasteiger partial charge in [0.1, 0.15) is 5.85 Å². The van der Waals surface area contributed by atoms with E-state index in [9.17, 15) is 14.9 Å². The maximum Gasteiger partial charge on any atom is 0.203 e. The van der Waals surface area contributed by atoms with Crippen LogP contribution >= 0.6 is 19.9 Å². The Morgan fingerprint density at radius 3 is 2.42 bits per heavy atom. The molecule has 6 unspecified atom stereocenters. The van der Waals surface area contributed by atoms with Gasteiger partial charge in [-0.05, 0) is 58.3 Å². The van der Waals surface area contributed by atoms with E-state index in [1.165, 1.54) is 0 Å². The molecule has 3 heterocycles. The van der Waals surface area contributed by atoms with E-state index in [1.807, 2.05) is 13.8 Å². The van der Waals surface area contributed by atoms with Crippen LogP contribution in [-0.4, -0.2) is 56.9 Å². The molecule has 0 saturated carbocycles. The fourth-order valence-electron chi connectivity index (χ4n) is 4.83. The fraction of sp³-hybridized carbons (Fsp3) is 1.00. The Bertz CT molecular complexity index is 543. The summed E-state index contributed by atoms with van der Waals surface area (Å²) in [5.41, 5.74) is -0.544. The molecule has 0 aliphatic carbocycles. The van der Waals surface area contributed by atoms with Crippen molar-refractivity contribution in [3.8, 4) is 0 Å². The Labute approximate surface area is 149 Å². The predicted octanol–water partition coefficient (Wildman–Crippen LogP) is 2.79. The molecule has 0 amide bonds. The van der Waals surface area contributed by atoms with E-state index >= 15 is 0 Å². The Morgan fingerprint density at radius 1 is 1.21 bits per heavy atom. The molecule has 3 fully saturated rings. The average Bonchev–Trinajstić information content (AvgIpc) is 3.01. The highest BCUT2D eigenvalue weighted by molar-refractivity contribution is 7.80. The van der Waals surface area contributed by atoms with Crippen LogP contribution in [-0.2, 0) is 14.0 Å². The Morgan fingerprint density at radius 2 is 1.88 bits per heavy atom. The summed E-state index contributed by atoms with van der Waals surface area (Å²) in [5, 5.41) is 20.9. The second kappa shape index (κ2) is 6.22. The number of aliphatic hydroxyl groups excluding tert-OH is 1. The Balaban J connectivity index is 1.93. The zero-order valence-electron chi connectivity index (χ0n) is 14.9. The van der Waals surface area contributed by atoms with Crippen LogP contribution in [0.1, 0.15) is 40.5 Å². The quantitative estimate of drug-likeness (QED) is 0.303. The standard InChI is InChI=1S/C16H30NO5PS/c1-15(2)5-10(7-21-15)12-8-23(20,17(19)9-24)14(18)13-11(12)6-16(3,4)22-13/h10-14,18-19,24H,5-9H2,1-4H3. The van der Waals surface area contributed by atoms with E-state index in [2.05, 4.69) is 26.5 Å². The molecule has 0 aromatic rings. The van der Waals surface area contributed by atoms with Gasteiger partial charge >= 0.3 is 0 Å². The number of hydrogen-bond acceptors (Lipinski definition) is 6. The molecule has 3 saturated heterocycles. The van der Waals surface area contributed by atoms with Gasteiger partial charge < -0.3 is 24.4 Å². The second-order valence-electron chi connectivity index (χ2n) is 8.77. The Kier molecular flexibility index (Phi) is 4.97. The number of aliphatic hydroxyl groups is 1. The van der Waals surface area contributed by atoms with E-state index in [-0.39, 0.29) is 41.0 Å². The van der Waals surface area contributed by atoms with E-state index in [1.54, 1.807) is 0 Å². The molecule has 6 atom stereocenters. The van der Waals surface area contributed by atoms with Crippen LogP contribution in [0.5, 0.6) is 0 Å². The van der Waals surface area contributed by atoms with E-state index < -0.39 is 19.2 Å². The van der Waals surface area contributed by atoms with Gasteiger partial charge in [0.05, 0.1) is 29.8 Å². The monoisotopic (exact) mass is 379 g/mol. The topological polar surface area (TPSA) is 79.2 Å². The Hall–Kier alpha value is 0.380. The molecular weight excluding hydrogens is 349 g/mol. The van der Waals surface area contributed by atoms with Crippen molar-refractivity contribution >= 4 is 19.9 Å². The summed E-state index contributed by atoms with van der Waals surface area (Å²) in [6.45, 7) is 8.78. The third-order valence-corrected chi connectivity index (χ3v) is 9.38. The van der Waals surface area contributed by atoms with Gasteiger partial charge in [0.2, 0.25) is 7.29 Å². The summed E-state index contributed by atoms with van der Waals surface area (Å²) >= 11 is 4.05. The van der Waals surface area contributed by atoms with Crippen molar-refractivity contribution in [3.05, 3.63) is 0 Å². The first-order valence-corrected chi connectivity index (χ1v) is 11.2. The molecule has 0 radical (unpaired) electrons. The molecule has 0 bridgehead atoms. The highest BCUT2D eigenvalue weighted by atomic mass is 32.1. The fourth-order valence-corrected chi connectivity index (χ4v) is 8.28. The molecular formula is C16H30NO5PS. The minimum atomic E-state index is -3.38. The van der Waals surface area contributed by atoms with Gasteiger partial charge in [-0.25, -0.2) is 0 Å². The minimum absolute atomic E-state index is 0.0749. The molecule has 2 N–H and O–H groups in total. The van der Waals surface area contributed by atoms with Crippen LogP contribution in [0.2, 0.25) is 0 Å². The summed E-state index contributed by atoms with van der Waals surface area (Å²) in [6.07, 6.45) is 1.49. The van der Waals surface area contributed by atoms with Gasteiger partial charge in [-0.3, -0.25) is 0 Å². The van der Waals surface area contributed by atoms with E-state index in [0.717, 1.165) is 17.7 Å². The van der Waals surface area contributed by atoms with Gasteiger partial charge in [0, 0.05) is 6.16 Å². The third-order valence-electron chi connectivity index (χ3n) is 5.90. The van der Waals surface area contributed by atoms with Crippen LogP contribution in [0.4, 0.5) is 0 Å². The largest absolute Gasteiger partial charge is 0.381 e. The molecule has 6 nitrogen and oxygen atoms in total. The lowest BCUT2D eigenvalue weighted by Crippen LogP contribution is -2.48. The first-order chi connectivity index (χ1) is 11.0. The second-order valence-corrected chi connectivity index (χ2v) is 11.9. The first-order valence-electron chi connectivity index (χ1n) is 8.65. The number of thiol groups is 1. The molecule has 0 aromatic carbocycles. The number of hydrogen-bond donors (Lipinski definition) is 3. The molecule has 3 aliphatic rings. The number of nitrogens with zero attached hydrogens (tertiary/aromatic N) is 1. The van der Waals surface area contributed by atoms with Crippen molar-refractivity contribution in [2.45, 2.75) is 63.7 Å². The van der Waals surface area contributed by atoms with Crippen LogP contribution in [0.25, 0.3) is 0 Å². The molecule has 0 aromatic heterocycles. The smallest absolute Gasteiger partial charge is 0.203 e. The summed E-state index contributed by atoms with van der Waals surface area (Å²) < 4.78 is 25.4. The average molecular weight is 379 g/mol. The third kappa shape index (κ3) is 3.22. The van der Waals surface area contributed by atoms with Crippen LogP contribution in [0.3, 0.4) is 0 Å². The summed E-state index contributed by atoms with van der Waals surface area (Å²) in [5.74, 6) is -0.753. The number of hydroxylamine groups is 1. The number of ether oxygens (including phenoxy) is 2. The molecule has 3 aliphatic heterocycles.